The van der Waals surface area contributed by atoms with E-state index in [4.69, 9.17) is 16.6 Å². The molecule has 0 bridgehead atoms. The molecule has 3 heterocycles. The summed E-state index contributed by atoms with van der Waals surface area (Å²) >= 11 is 5.51. The molecule has 1 N–H and O–H groups in total. The highest BCUT2D eigenvalue weighted by molar-refractivity contribution is 7.80. The zero-order valence-corrected chi connectivity index (χ0v) is 13.1. The first-order valence-corrected chi connectivity index (χ1v) is 7.66. The first-order valence-electron chi connectivity index (χ1n) is 7.25. The van der Waals surface area contributed by atoms with E-state index in [0.29, 0.717) is 0 Å². The second-order valence-electron chi connectivity index (χ2n) is 5.27. The normalized spacial score (nSPS) is 21.6. The van der Waals surface area contributed by atoms with Crippen molar-refractivity contribution in [1.82, 2.24) is 15.2 Å². The number of hydrogen-bond acceptors (Lipinski definition) is 3. The molecule has 4 nitrogen and oxygen atoms in total. The first kappa shape index (κ1) is 14.1. The molecule has 1 fully saturated rings. The van der Waals surface area contributed by atoms with Gasteiger partial charge in [0, 0.05) is 12.7 Å². The number of pyridine rings is 1. The Morgan fingerprint density at radius 1 is 1.33 bits per heavy atom. The van der Waals surface area contributed by atoms with Crippen molar-refractivity contribution in [2.24, 2.45) is 0 Å². The van der Waals surface area contributed by atoms with E-state index >= 15 is 0 Å². The minimum Gasteiger partial charge on any atom is -0.464 e. The lowest BCUT2D eigenvalue weighted by Crippen LogP contribution is -2.30. The molecule has 3 rings (SSSR count). The molecule has 0 unspecified atom stereocenters. The summed E-state index contributed by atoms with van der Waals surface area (Å²) in [6.07, 6.45) is 2.85. The van der Waals surface area contributed by atoms with Gasteiger partial charge in [0.2, 0.25) is 0 Å². The number of nitrogens with one attached hydrogen (secondary N) is 1. The molecular formula is C16H19N3OS. The van der Waals surface area contributed by atoms with Crippen LogP contribution in [0.5, 0.6) is 0 Å². The number of hydrogen-bond donors (Lipinski definition) is 1. The van der Waals surface area contributed by atoms with Crippen LogP contribution in [0.25, 0.3) is 0 Å². The highest BCUT2D eigenvalue weighted by atomic mass is 32.1. The third kappa shape index (κ3) is 2.65. The van der Waals surface area contributed by atoms with Crippen LogP contribution in [0.4, 0.5) is 0 Å². The van der Waals surface area contributed by atoms with Gasteiger partial charge in [-0.2, -0.15) is 0 Å². The van der Waals surface area contributed by atoms with Gasteiger partial charge in [0.05, 0.1) is 11.7 Å². The molecule has 21 heavy (non-hydrogen) atoms. The third-order valence-corrected chi connectivity index (χ3v) is 4.07. The fourth-order valence-electron chi connectivity index (χ4n) is 2.81. The highest BCUT2D eigenvalue weighted by Crippen LogP contribution is 2.39. The highest BCUT2D eigenvalue weighted by Gasteiger charge is 2.40. The molecule has 2 aromatic rings. The zero-order chi connectivity index (χ0) is 14.8. The Morgan fingerprint density at radius 2 is 2.19 bits per heavy atom. The molecule has 2 atom stereocenters. The van der Waals surface area contributed by atoms with Crippen molar-refractivity contribution in [2.75, 3.05) is 6.54 Å². The Kier molecular flexibility index (Phi) is 3.92. The number of aromatic nitrogens is 1. The molecule has 1 saturated heterocycles. The average molecular weight is 301 g/mol. The van der Waals surface area contributed by atoms with E-state index in [2.05, 4.69) is 22.1 Å². The minimum atomic E-state index is 0.0239. The van der Waals surface area contributed by atoms with Gasteiger partial charge in [-0.3, -0.25) is 4.98 Å². The van der Waals surface area contributed by atoms with Crippen molar-refractivity contribution in [3.63, 3.8) is 0 Å². The van der Waals surface area contributed by atoms with Crippen molar-refractivity contribution in [3.8, 4) is 0 Å². The topological polar surface area (TPSA) is 41.3 Å². The summed E-state index contributed by atoms with van der Waals surface area (Å²) in [7, 11) is 0. The van der Waals surface area contributed by atoms with Crippen LogP contribution >= 0.6 is 12.2 Å². The Labute approximate surface area is 130 Å². The Bertz CT molecular complexity index is 625. The van der Waals surface area contributed by atoms with Gasteiger partial charge in [-0.05, 0) is 49.8 Å². The minimum absolute atomic E-state index is 0.0239. The van der Waals surface area contributed by atoms with Crippen LogP contribution in [0, 0.1) is 6.92 Å². The molecule has 0 aromatic carbocycles. The largest absolute Gasteiger partial charge is 0.464 e. The maximum absolute atomic E-state index is 5.87. The van der Waals surface area contributed by atoms with Gasteiger partial charge >= 0.3 is 0 Å². The van der Waals surface area contributed by atoms with E-state index in [0.717, 1.165) is 35.3 Å². The monoisotopic (exact) mass is 301 g/mol. The molecule has 110 valence electrons. The second kappa shape index (κ2) is 5.85. The van der Waals surface area contributed by atoms with Gasteiger partial charge in [0.15, 0.2) is 5.11 Å². The van der Waals surface area contributed by atoms with E-state index < -0.39 is 0 Å². The summed E-state index contributed by atoms with van der Waals surface area (Å²) in [5.41, 5.74) is 0.984. The van der Waals surface area contributed by atoms with Crippen LogP contribution in [-0.4, -0.2) is 21.5 Å². The molecule has 1 aliphatic rings. The predicted molar refractivity (Wildman–Crippen MR) is 85.9 cm³/mol. The van der Waals surface area contributed by atoms with Gasteiger partial charge in [-0.1, -0.05) is 13.0 Å². The summed E-state index contributed by atoms with van der Waals surface area (Å²) in [4.78, 5) is 6.68. The van der Waals surface area contributed by atoms with Gasteiger partial charge in [0.25, 0.3) is 0 Å². The lowest BCUT2D eigenvalue weighted by Gasteiger charge is -2.25. The van der Waals surface area contributed by atoms with Crippen molar-refractivity contribution in [3.05, 3.63) is 53.7 Å². The van der Waals surface area contributed by atoms with Crippen LogP contribution in [0.1, 0.15) is 42.6 Å². The summed E-state index contributed by atoms with van der Waals surface area (Å²) in [5.74, 6) is 1.85. The molecule has 0 amide bonds. The molecule has 0 radical (unpaired) electrons. The van der Waals surface area contributed by atoms with Crippen LogP contribution < -0.4 is 5.32 Å². The van der Waals surface area contributed by atoms with Crippen molar-refractivity contribution in [1.29, 1.82) is 0 Å². The maximum Gasteiger partial charge on any atom is 0.170 e. The average Bonchev–Trinajstić information content (AvgIpc) is 3.05. The maximum atomic E-state index is 5.87. The van der Waals surface area contributed by atoms with Crippen LogP contribution in [-0.2, 0) is 0 Å². The van der Waals surface area contributed by atoms with Gasteiger partial charge < -0.3 is 14.6 Å². The quantitative estimate of drug-likeness (QED) is 0.877. The molecule has 0 spiro atoms. The van der Waals surface area contributed by atoms with Gasteiger partial charge in [-0.25, -0.2) is 0 Å². The predicted octanol–water partition coefficient (Wildman–Crippen LogP) is 3.37. The number of furan rings is 1. The fourth-order valence-corrected chi connectivity index (χ4v) is 3.14. The molecule has 1 aliphatic heterocycles. The van der Waals surface area contributed by atoms with Crippen LogP contribution in [0.3, 0.4) is 0 Å². The van der Waals surface area contributed by atoms with E-state index in [1.165, 1.54) is 0 Å². The van der Waals surface area contributed by atoms with Crippen LogP contribution in [0.2, 0.25) is 0 Å². The van der Waals surface area contributed by atoms with E-state index in [1.54, 1.807) is 0 Å². The smallest absolute Gasteiger partial charge is 0.170 e. The number of aryl methyl sites for hydroxylation is 1. The van der Waals surface area contributed by atoms with E-state index in [1.807, 2.05) is 43.5 Å². The van der Waals surface area contributed by atoms with Gasteiger partial charge in [0.1, 0.15) is 17.6 Å². The second-order valence-corrected chi connectivity index (χ2v) is 5.66. The SMILES string of the molecule is CCCN1C(=S)N[C@@H](c2ccccn2)[C@H]1c1ccc(C)o1. The molecular weight excluding hydrogens is 282 g/mol. The summed E-state index contributed by atoms with van der Waals surface area (Å²) in [5, 5.41) is 4.17. The van der Waals surface area contributed by atoms with E-state index in [-0.39, 0.29) is 12.1 Å². The molecule has 5 heteroatoms. The summed E-state index contributed by atoms with van der Waals surface area (Å²) in [6.45, 7) is 5.02. The Hall–Kier alpha value is -1.88. The number of thiocarbonyl (C=S) groups is 1. The number of nitrogens with zero attached hydrogens (tertiary/aromatic N) is 2. The third-order valence-electron chi connectivity index (χ3n) is 3.71. The van der Waals surface area contributed by atoms with Crippen molar-refractivity contribution >= 4 is 17.3 Å². The fraction of sp³-hybridized carbons (Fsp3) is 0.375. The summed E-state index contributed by atoms with van der Waals surface area (Å²) in [6, 6.07) is 10.1. The van der Waals surface area contributed by atoms with Gasteiger partial charge in [-0.15, -0.1) is 0 Å². The molecule has 2 aromatic heterocycles. The molecule has 0 aliphatic carbocycles. The van der Waals surface area contributed by atoms with E-state index in [9.17, 15) is 0 Å². The number of rotatable bonds is 4. The lowest BCUT2D eigenvalue weighted by molar-refractivity contribution is 0.269. The first-order chi connectivity index (χ1) is 10.2. The lowest BCUT2D eigenvalue weighted by atomic mass is 10.0. The van der Waals surface area contributed by atoms with Crippen molar-refractivity contribution in [2.45, 2.75) is 32.4 Å². The standard InChI is InChI=1S/C16H19N3OS/c1-3-10-19-15(13-8-7-11(2)20-13)14(18-16(19)21)12-6-4-5-9-17-12/h4-9,14-15H,3,10H2,1-2H3,(H,18,21)/t14-,15+/m0/s1. The Morgan fingerprint density at radius 3 is 2.81 bits per heavy atom. The zero-order valence-electron chi connectivity index (χ0n) is 12.2. The molecule has 0 saturated carbocycles. The summed E-state index contributed by atoms with van der Waals surface area (Å²) < 4.78 is 5.87. The van der Waals surface area contributed by atoms with Crippen LogP contribution in [0.15, 0.2) is 40.9 Å². The van der Waals surface area contributed by atoms with Crippen molar-refractivity contribution < 1.29 is 4.42 Å². The Balaban J connectivity index is 2.00.